The van der Waals surface area contributed by atoms with Crippen molar-refractivity contribution < 1.29 is 38.9 Å². The fourth-order valence-corrected chi connectivity index (χ4v) is 3.72. The average molecular weight is 517 g/mol. The van der Waals surface area contributed by atoms with Gasteiger partial charge in [0.25, 0.3) is 0 Å². The summed E-state index contributed by atoms with van der Waals surface area (Å²) in [5.74, 6) is -1.84. The fourth-order valence-electron chi connectivity index (χ4n) is 3.72. The molecule has 0 unspecified atom stereocenters. The van der Waals surface area contributed by atoms with E-state index in [0.29, 0.717) is 78.8 Å². The summed E-state index contributed by atoms with van der Waals surface area (Å²) in [6.07, 6.45) is 0. The quantitative estimate of drug-likeness (QED) is 0.397. The van der Waals surface area contributed by atoms with Crippen LogP contribution in [0.5, 0.6) is 0 Å². The summed E-state index contributed by atoms with van der Waals surface area (Å²) in [5.41, 5.74) is 0. The maximum absolute atomic E-state index is 12.3. The van der Waals surface area contributed by atoms with Crippen molar-refractivity contribution in [1.29, 1.82) is 0 Å². The summed E-state index contributed by atoms with van der Waals surface area (Å²) in [7, 11) is 0. The first-order valence-electron chi connectivity index (χ1n) is 12.6. The summed E-state index contributed by atoms with van der Waals surface area (Å²) in [6, 6.07) is 0. The number of ketones is 2. The molecule has 0 saturated carbocycles. The third-order valence-corrected chi connectivity index (χ3v) is 5.86. The number of nitrogens with zero attached hydrogens (tertiary/aromatic N) is 4. The molecule has 1 rings (SSSR count). The van der Waals surface area contributed by atoms with Crippen molar-refractivity contribution in [3.63, 3.8) is 0 Å². The van der Waals surface area contributed by atoms with E-state index in [0.717, 1.165) is 0 Å². The number of carbonyl (C=O) groups excluding carboxylic acids is 2. The number of hydrogen-bond donors (Lipinski definition) is 2. The largest absolute Gasteiger partial charge is 0.480 e. The molecule has 0 atom stereocenters. The van der Waals surface area contributed by atoms with E-state index < -0.39 is 11.9 Å². The predicted octanol–water partition coefficient (Wildman–Crippen LogP) is -0.775. The first-order valence-corrected chi connectivity index (χ1v) is 12.6. The number of carbonyl (C=O) groups is 4. The molecule has 0 spiro atoms. The molecule has 36 heavy (non-hydrogen) atoms. The van der Waals surface area contributed by atoms with E-state index in [1.54, 1.807) is 9.80 Å². The molecular formula is C24H44N4O8. The van der Waals surface area contributed by atoms with E-state index >= 15 is 0 Å². The number of hydrogen-bond acceptors (Lipinski definition) is 10. The highest BCUT2D eigenvalue weighted by Gasteiger charge is 2.18. The Hall–Kier alpha value is -1.96. The van der Waals surface area contributed by atoms with Crippen molar-refractivity contribution in [1.82, 2.24) is 19.6 Å². The van der Waals surface area contributed by atoms with Crippen molar-refractivity contribution in [2.45, 2.75) is 20.8 Å². The average Bonchev–Trinajstić information content (AvgIpc) is 2.77. The lowest BCUT2D eigenvalue weighted by molar-refractivity contribution is -0.139. The van der Waals surface area contributed by atoms with Gasteiger partial charge in [0.15, 0.2) is 0 Å². The maximum atomic E-state index is 12.3. The van der Waals surface area contributed by atoms with Crippen LogP contribution in [0, 0.1) is 5.92 Å². The number of Topliss-reactive ketones (excluding diaryl/α,β-unsaturated/α-hetero) is 2. The second-order valence-corrected chi connectivity index (χ2v) is 9.44. The third kappa shape index (κ3) is 15.9. The van der Waals surface area contributed by atoms with Gasteiger partial charge < -0.3 is 19.7 Å². The van der Waals surface area contributed by atoms with E-state index in [2.05, 4.69) is 0 Å². The van der Waals surface area contributed by atoms with Crippen molar-refractivity contribution in [3.05, 3.63) is 0 Å². The molecule has 0 radical (unpaired) electrons. The highest BCUT2D eigenvalue weighted by molar-refractivity contribution is 5.82. The molecule has 0 aromatic heterocycles. The van der Waals surface area contributed by atoms with Crippen LogP contribution >= 0.6 is 0 Å². The summed E-state index contributed by atoms with van der Waals surface area (Å²) in [5, 5.41) is 18.6. The highest BCUT2D eigenvalue weighted by Crippen LogP contribution is 2.01. The van der Waals surface area contributed by atoms with Gasteiger partial charge in [-0.25, -0.2) is 0 Å². The van der Waals surface area contributed by atoms with Gasteiger partial charge in [-0.05, 0) is 6.92 Å². The zero-order valence-electron chi connectivity index (χ0n) is 22.0. The minimum atomic E-state index is -0.928. The Balaban J connectivity index is 2.87. The van der Waals surface area contributed by atoms with Gasteiger partial charge in [-0.15, -0.1) is 0 Å². The zero-order valence-corrected chi connectivity index (χ0v) is 22.0. The van der Waals surface area contributed by atoms with Gasteiger partial charge in [0.05, 0.1) is 52.6 Å². The second-order valence-electron chi connectivity index (χ2n) is 9.44. The molecule has 1 fully saturated rings. The predicted molar refractivity (Wildman–Crippen MR) is 133 cm³/mol. The minimum Gasteiger partial charge on any atom is -0.480 e. The Labute approximate surface area is 214 Å². The molecule has 1 aliphatic heterocycles. The van der Waals surface area contributed by atoms with Crippen molar-refractivity contribution in [2.24, 2.45) is 5.92 Å². The van der Waals surface area contributed by atoms with Crippen LogP contribution in [0.4, 0.5) is 0 Å². The summed E-state index contributed by atoms with van der Waals surface area (Å²) >= 11 is 0. The zero-order chi connectivity index (χ0) is 26.9. The molecule has 0 amide bonds. The Morgan fingerprint density at radius 2 is 0.944 bits per heavy atom. The second kappa shape index (κ2) is 18.3. The van der Waals surface area contributed by atoms with Gasteiger partial charge in [-0.1, -0.05) is 13.8 Å². The molecule has 2 N–H and O–H groups in total. The number of carboxylic acids is 2. The minimum absolute atomic E-state index is 0.0124. The van der Waals surface area contributed by atoms with Crippen molar-refractivity contribution >= 4 is 23.5 Å². The molecule has 0 aromatic rings. The molecule has 12 nitrogen and oxygen atoms in total. The fraction of sp³-hybridized carbons (Fsp3) is 0.833. The van der Waals surface area contributed by atoms with Crippen LogP contribution in [0.3, 0.4) is 0 Å². The van der Waals surface area contributed by atoms with Crippen LogP contribution in [0.2, 0.25) is 0 Å². The smallest absolute Gasteiger partial charge is 0.317 e. The van der Waals surface area contributed by atoms with Crippen LogP contribution in [-0.2, 0) is 28.7 Å². The third-order valence-electron chi connectivity index (χ3n) is 5.86. The van der Waals surface area contributed by atoms with Gasteiger partial charge in [0.1, 0.15) is 11.6 Å². The first kappa shape index (κ1) is 32.1. The highest BCUT2D eigenvalue weighted by atomic mass is 16.5. The number of rotatable bonds is 9. The van der Waals surface area contributed by atoms with E-state index in [4.69, 9.17) is 9.47 Å². The van der Waals surface area contributed by atoms with Crippen molar-refractivity contribution in [2.75, 3.05) is 105 Å². The lowest BCUT2D eigenvalue weighted by Gasteiger charge is -2.28. The van der Waals surface area contributed by atoms with Crippen LogP contribution < -0.4 is 0 Å². The van der Waals surface area contributed by atoms with Gasteiger partial charge in [0.2, 0.25) is 0 Å². The molecule has 0 aromatic carbocycles. The lowest BCUT2D eigenvalue weighted by atomic mass is 10.1. The molecule has 0 aliphatic carbocycles. The molecule has 1 saturated heterocycles. The molecule has 12 heteroatoms. The van der Waals surface area contributed by atoms with E-state index in [1.807, 2.05) is 23.6 Å². The Bertz CT molecular complexity index is 691. The van der Waals surface area contributed by atoms with Crippen molar-refractivity contribution in [3.8, 4) is 0 Å². The number of carboxylic acid groups (broad SMARTS) is 2. The summed E-state index contributed by atoms with van der Waals surface area (Å²) < 4.78 is 11.5. The van der Waals surface area contributed by atoms with Crippen LogP contribution in [0.25, 0.3) is 0 Å². The van der Waals surface area contributed by atoms with Gasteiger partial charge in [-0.3, -0.25) is 38.8 Å². The van der Waals surface area contributed by atoms with E-state index in [1.165, 1.54) is 6.92 Å². The molecule has 1 heterocycles. The van der Waals surface area contributed by atoms with Crippen LogP contribution in [0.1, 0.15) is 20.8 Å². The first-order chi connectivity index (χ1) is 17.1. The van der Waals surface area contributed by atoms with Gasteiger partial charge in [-0.2, -0.15) is 0 Å². The SMILES string of the molecule is CC(=O)CN1CCOCCN(CC(=O)O)CCN(CC(=O)C(C)C)CCOCCN(CC(=O)O)CC1. The Morgan fingerprint density at radius 1 is 0.611 bits per heavy atom. The maximum Gasteiger partial charge on any atom is 0.317 e. The van der Waals surface area contributed by atoms with Gasteiger partial charge >= 0.3 is 11.9 Å². The molecule has 0 bridgehead atoms. The number of aliphatic carboxylic acids is 2. The normalized spacial score (nSPS) is 20.0. The molecule has 1 aliphatic rings. The topological polar surface area (TPSA) is 140 Å². The van der Waals surface area contributed by atoms with E-state index in [9.17, 15) is 29.4 Å². The Morgan fingerprint density at radius 3 is 1.25 bits per heavy atom. The molecular weight excluding hydrogens is 472 g/mol. The summed E-state index contributed by atoms with van der Waals surface area (Å²) in [6.45, 7) is 10.7. The summed E-state index contributed by atoms with van der Waals surface area (Å²) in [4.78, 5) is 54.1. The Kier molecular flexibility index (Phi) is 16.3. The molecule has 208 valence electrons. The van der Waals surface area contributed by atoms with Crippen LogP contribution in [0.15, 0.2) is 0 Å². The number of ether oxygens (including phenoxy) is 2. The standard InChI is InChI=1S/C24H44N4O8/c1-20(2)22(30)17-26-5-7-28(19-24(33)34)11-14-35-12-8-25(16-21(3)29)4-6-27(18-23(31)32)10-15-36-13-9-26/h20H,4-19H2,1-3H3,(H,31,32)(H,33,34). The van der Waals surface area contributed by atoms with Crippen LogP contribution in [-0.4, -0.2) is 158 Å². The van der Waals surface area contributed by atoms with Gasteiger partial charge in [0, 0.05) is 58.3 Å². The van der Waals surface area contributed by atoms with E-state index in [-0.39, 0.29) is 43.7 Å². The lowest BCUT2D eigenvalue weighted by Crippen LogP contribution is -2.44. The monoisotopic (exact) mass is 516 g/mol.